The quantitative estimate of drug-likeness (QED) is 0.807. The van der Waals surface area contributed by atoms with Crippen molar-refractivity contribution in [3.8, 4) is 11.8 Å². The number of rotatable bonds is 5. The Morgan fingerprint density at radius 1 is 1.50 bits per heavy atom. The van der Waals surface area contributed by atoms with E-state index in [0.717, 1.165) is 6.42 Å². The van der Waals surface area contributed by atoms with E-state index < -0.39 is 0 Å². The molecule has 0 aliphatic heterocycles. The van der Waals surface area contributed by atoms with E-state index >= 15 is 0 Å². The number of aliphatic hydroxyl groups is 1. The number of aromatic nitrogens is 1. The monoisotopic (exact) mass is 274 g/mol. The minimum Gasteiger partial charge on any atom is -0.395 e. The summed E-state index contributed by atoms with van der Waals surface area (Å²) in [4.78, 5) is 16.3. The predicted molar refractivity (Wildman–Crippen MR) is 79.2 cm³/mol. The summed E-state index contributed by atoms with van der Waals surface area (Å²) in [5, 5.41) is 11.7. The fourth-order valence-electron chi connectivity index (χ4n) is 1.69. The second-order valence-corrected chi connectivity index (χ2v) is 4.84. The number of carbonyl (C=O) groups is 1. The van der Waals surface area contributed by atoms with Gasteiger partial charge < -0.3 is 10.4 Å². The van der Waals surface area contributed by atoms with Gasteiger partial charge in [-0.3, -0.25) is 9.78 Å². The molecule has 0 aromatic carbocycles. The SMILES string of the molecule is CCC(C)C(C)NC(=O)c1ccncc1C#CCCO. The Hall–Kier alpha value is -1.86. The normalized spacial score (nSPS) is 13.0. The molecule has 2 atom stereocenters. The summed E-state index contributed by atoms with van der Waals surface area (Å²) in [6.45, 7) is 6.23. The van der Waals surface area contributed by atoms with Gasteiger partial charge in [-0.05, 0) is 18.9 Å². The van der Waals surface area contributed by atoms with E-state index in [0.29, 0.717) is 23.5 Å². The molecule has 0 fully saturated rings. The molecule has 0 spiro atoms. The zero-order valence-corrected chi connectivity index (χ0v) is 12.3. The maximum absolute atomic E-state index is 12.3. The fourth-order valence-corrected chi connectivity index (χ4v) is 1.69. The first-order chi connectivity index (χ1) is 9.60. The molecule has 0 radical (unpaired) electrons. The van der Waals surface area contributed by atoms with Gasteiger partial charge >= 0.3 is 0 Å². The van der Waals surface area contributed by atoms with Crippen LogP contribution in [-0.4, -0.2) is 28.6 Å². The lowest BCUT2D eigenvalue weighted by molar-refractivity contribution is 0.0928. The molecule has 0 saturated heterocycles. The fraction of sp³-hybridized carbons (Fsp3) is 0.500. The van der Waals surface area contributed by atoms with E-state index in [1.165, 1.54) is 0 Å². The van der Waals surface area contributed by atoms with Crippen molar-refractivity contribution in [2.24, 2.45) is 5.92 Å². The van der Waals surface area contributed by atoms with Crippen LogP contribution in [0.5, 0.6) is 0 Å². The zero-order chi connectivity index (χ0) is 15.0. The number of amides is 1. The average Bonchev–Trinajstić information content (AvgIpc) is 2.47. The molecule has 1 aromatic rings. The number of pyridine rings is 1. The third kappa shape index (κ3) is 4.67. The highest BCUT2D eigenvalue weighted by molar-refractivity contribution is 5.96. The summed E-state index contributed by atoms with van der Waals surface area (Å²) in [7, 11) is 0. The lowest BCUT2D eigenvalue weighted by Crippen LogP contribution is -2.37. The van der Waals surface area contributed by atoms with Crippen LogP contribution in [0, 0.1) is 17.8 Å². The number of aliphatic hydroxyl groups excluding tert-OH is 1. The molecule has 1 heterocycles. The molecule has 4 nitrogen and oxygen atoms in total. The van der Waals surface area contributed by atoms with Gasteiger partial charge in [0.15, 0.2) is 0 Å². The number of nitrogens with one attached hydrogen (secondary N) is 1. The van der Waals surface area contributed by atoms with Crippen LogP contribution in [0.25, 0.3) is 0 Å². The highest BCUT2D eigenvalue weighted by Gasteiger charge is 2.16. The van der Waals surface area contributed by atoms with Gasteiger partial charge in [-0.25, -0.2) is 0 Å². The largest absolute Gasteiger partial charge is 0.395 e. The molecular formula is C16H22N2O2. The van der Waals surface area contributed by atoms with Gasteiger partial charge in [-0.1, -0.05) is 32.1 Å². The summed E-state index contributed by atoms with van der Waals surface area (Å²) in [5.41, 5.74) is 1.12. The van der Waals surface area contributed by atoms with Gasteiger partial charge in [0, 0.05) is 24.9 Å². The topological polar surface area (TPSA) is 62.2 Å². The van der Waals surface area contributed by atoms with Crippen molar-refractivity contribution in [3.05, 3.63) is 29.6 Å². The Morgan fingerprint density at radius 2 is 2.25 bits per heavy atom. The second kappa shape index (κ2) is 8.34. The summed E-state index contributed by atoms with van der Waals surface area (Å²) < 4.78 is 0. The number of nitrogens with zero attached hydrogens (tertiary/aromatic N) is 1. The van der Waals surface area contributed by atoms with Crippen LogP contribution in [0.1, 0.15) is 49.5 Å². The Morgan fingerprint density at radius 3 is 2.90 bits per heavy atom. The number of carbonyl (C=O) groups excluding carboxylic acids is 1. The van der Waals surface area contributed by atoms with Crippen molar-refractivity contribution in [3.63, 3.8) is 0 Å². The van der Waals surface area contributed by atoms with Gasteiger partial charge in [-0.2, -0.15) is 0 Å². The van der Waals surface area contributed by atoms with Crippen LogP contribution in [0.3, 0.4) is 0 Å². The van der Waals surface area contributed by atoms with E-state index in [4.69, 9.17) is 5.11 Å². The van der Waals surface area contributed by atoms with E-state index in [1.54, 1.807) is 18.5 Å². The van der Waals surface area contributed by atoms with Crippen LogP contribution in [0.2, 0.25) is 0 Å². The summed E-state index contributed by atoms with van der Waals surface area (Å²) >= 11 is 0. The lowest BCUT2D eigenvalue weighted by Gasteiger charge is -2.20. The molecule has 0 saturated carbocycles. The minimum atomic E-state index is -0.131. The van der Waals surface area contributed by atoms with Crippen molar-refractivity contribution in [2.45, 2.75) is 39.7 Å². The summed E-state index contributed by atoms with van der Waals surface area (Å²) in [6.07, 6.45) is 4.56. The molecular weight excluding hydrogens is 252 g/mol. The standard InChI is InChI=1S/C16H22N2O2/c1-4-12(2)13(3)18-16(20)15-8-9-17-11-14(15)7-5-6-10-19/h8-9,11-13,19H,4,6,10H2,1-3H3,(H,18,20). The molecule has 2 unspecified atom stereocenters. The first-order valence-electron chi connectivity index (χ1n) is 6.94. The number of hydrogen-bond donors (Lipinski definition) is 2. The molecule has 108 valence electrons. The van der Waals surface area contributed by atoms with Crippen molar-refractivity contribution in [2.75, 3.05) is 6.61 Å². The van der Waals surface area contributed by atoms with Crippen molar-refractivity contribution in [1.29, 1.82) is 0 Å². The molecule has 1 amide bonds. The zero-order valence-electron chi connectivity index (χ0n) is 12.3. The van der Waals surface area contributed by atoms with Crippen LogP contribution in [-0.2, 0) is 0 Å². The van der Waals surface area contributed by atoms with Gasteiger partial charge in [-0.15, -0.1) is 0 Å². The van der Waals surface area contributed by atoms with E-state index in [1.807, 2.05) is 6.92 Å². The van der Waals surface area contributed by atoms with Crippen LogP contribution in [0.4, 0.5) is 0 Å². The van der Waals surface area contributed by atoms with Gasteiger partial charge in [0.05, 0.1) is 17.7 Å². The molecule has 0 aliphatic rings. The molecule has 20 heavy (non-hydrogen) atoms. The second-order valence-electron chi connectivity index (χ2n) is 4.84. The van der Waals surface area contributed by atoms with E-state index in [2.05, 4.69) is 36.0 Å². The minimum absolute atomic E-state index is 0.0137. The average molecular weight is 274 g/mol. The number of hydrogen-bond acceptors (Lipinski definition) is 3. The van der Waals surface area contributed by atoms with Gasteiger partial charge in [0.1, 0.15) is 0 Å². The molecule has 4 heteroatoms. The van der Waals surface area contributed by atoms with Crippen molar-refractivity contribution < 1.29 is 9.90 Å². The highest BCUT2D eigenvalue weighted by atomic mass is 16.2. The van der Waals surface area contributed by atoms with Gasteiger partial charge in [0.25, 0.3) is 5.91 Å². The Balaban J connectivity index is 2.86. The third-order valence-electron chi connectivity index (χ3n) is 3.38. The first kappa shape index (κ1) is 16.2. The van der Waals surface area contributed by atoms with Crippen LogP contribution in [0.15, 0.2) is 18.5 Å². The highest BCUT2D eigenvalue weighted by Crippen LogP contribution is 2.10. The maximum Gasteiger partial charge on any atom is 0.252 e. The molecule has 1 rings (SSSR count). The van der Waals surface area contributed by atoms with E-state index in [9.17, 15) is 4.79 Å². The molecule has 0 aliphatic carbocycles. The summed E-state index contributed by atoms with van der Waals surface area (Å²) in [5.74, 6) is 5.98. The predicted octanol–water partition coefficient (Wildman–Crippen LogP) is 1.98. The van der Waals surface area contributed by atoms with Crippen LogP contribution >= 0.6 is 0 Å². The molecule has 2 N–H and O–H groups in total. The van der Waals surface area contributed by atoms with E-state index in [-0.39, 0.29) is 18.6 Å². The van der Waals surface area contributed by atoms with Gasteiger partial charge in [0.2, 0.25) is 0 Å². The molecule has 1 aromatic heterocycles. The molecule has 0 bridgehead atoms. The Bertz CT molecular complexity index is 503. The third-order valence-corrected chi connectivity index (χ3v) is 3.38. The van der Waals surface area contributed by atoms with Crippen molar-refractivity contribution in [1.82, 2.24) is 10.3 Å². The van der Waals surface area contributed by atoms with Crippen LogP contribution < -0.4 is 5.32 Å². The first-order valence-corrected chi connectivity index (χ1v) is 6.94. The maximum atomic E-state index is 12.3. The smallest absolute Gasteiger partial charge is 0.252 e. The Kier molecular flexibility index (Phi) is 6.75. The van der Waals surface area contributed by atoms with Crippen molar-refractivity contribution >= 4 is 5.91 Å². The lowest BCUT2D eigenvalue weighted by atomic mass is 10.00. The Labute approximate surface area is 120 Å². The summed E-state index contributed by atoms with van der Waals surface area (Å²) in [6, 6.07) is 1.78.